The van der Waals surface area contributed by atoms with Crippen molar-refractivity contribution in [3.8, 4) is 5.75 Å². The van der Waals surface area contributed by atoms with Gasteiger partial charge in [-0.3, -0.25) is 14.5 Å². The van der Waals surface area contributed by atoms with Gasteiger partial charge < -0.3 is 4.74 Å². The summed E-state index contributed by atoms with van der Waals surface area (Å²) in [6.07, 6.45) is 1.68. The van der Waals surface area contributed by atoms with E-state index in [4.69, 9.17) is 27.9 Å². The number of hydrogen-bond donors (Lipinski definition) is 0. The van der Waals surface area contributed by atoms with Crippen LogP contribution in [-0.2, 0) is 11.3 Å². The molecule has 2 aromatic carbocycles. The fourth-order valence-electron chi connectivity index (χ4n) is 2.38. The van der Waals surface area contributed by atoms with Crippen LogP contribution in [0.4, 0.5) is 4.79 Å². The molecule has 0 aromatic heterocycles. The molecule has 2 amide bonds. The lowest BCUT2D eigenvalue weighted by atomic mass is 10.2. The monoisotopic (exact) mass is 471 g/mol. The molecule has 1 fully saturated rings. The molecule has 26 heavy (non-hydrogen) atoms. The summed E-state index contributed by atoms with van der Waals surface area (Å²) in [5.74, 6) is 0.339. The zero-order chi connectivity index (χ0) is 18.8. The topological polar surface area (TPSA) is 46.6 Å². The molecule has 0 bridgehead atoms. The second-order valence-corrected chi connectivity index (χ2v) is 8.09. The minimum absolute atomic E-state index is 0.102. The molecule has 1 heterocycles. The Hall–Kier alpha value is -1.47. The lowest BCUT2D eigenvalue weighted by Crippen LogP contribution is -2.27. The van der Waals surface area contributed by atoms with Crippen molar-refractivity contribution in [3.63, 3.8) is 0 Å². The van der Waals surface area contributed by atoms with Crippen molar-refractivity contribution < 1.29 is 14.3 Å². The largest absolute Gasteiger partial charge is 0.496 e. The first-order chi connectivity index (χ1) is 12.4. The predicted molar refractivity (Wildman–Crippen MR) is 109 cm³/mol. The van der Waals surface area contributed by atoms with Gasteiger partial charge in [-0.15, -0.1) is 0 Å². The first kappa shape index (κ1) is 19.3. The minimum atomic E-state index is -0.349. The van der Waals surface area contributed by atoms with Gasteiger partial charge in [-0.25, -0.2) is 0 Å². The van der Waals surface area contributed by atoms with E-state index in [1.54, 1.807) is 37.5 Å². The molecule has 0 unspecified atom stereocenters. The van der Waals surface area contributed by atoms with E-state index in [1.807, 2.05) is 12.1 Å². The van der Waals surface area contributed by atoms with Gasteiger partial charge in [0.15, 0.2) is 0 Å². The van der Waals surface area contributed by atoms with E-state index in [2.05, 4.69) is 15.9 Å². The Morgan fingerprint density at radius 2 is 1.96 bits per heavy atom. The standard InChI is InChI=1S/C18H12BrCl2NO3S/c1-25-15-5-2-10(6-13(15)19)7-16-17(23)22(18(24)26-16)9-11-3-4-12(20)8-14(11)21/h2-8H,9H2,1H3/b16-7-. The molecule has 0 saturated carbocycles. The van der Waals surface area contributed by atoms with Crippen molar-refractivity contribution in [2.75, 3.05) is 7.11 Å². The first-order valence-electron chi connectivity index (χ1n) is 7.42. The third-order valence-corrected chi connectivity index (χ3v) is 5.80. The third-order valence-electron chi connectivity index (χ3n) is 3.69. The summed E-state index contributed by atoms with van der Waals surface area (Å²) in [5, 5.41) is 0.581. The summed E-state index contributed by atoms with van der Waals surface area (Å²) >= 11 is 16.3. The smallest absolute Gasteiger partial charge is 0.293 e. The second-order valence-electron chi connectivity index (χ2n) is 5.40. The number of methoxy groups -OCH3 is 1. The number of carbonyl (C=O) groups is 2. The Morgan fingerprint density at radius 3 is 2.62 bits per heavy atom. The number of benzene rings is 2. The molecule has 0 N–H and O–H groups in total. The van der Waals surface area contributed by atoms with E-state index in [1.165, 1.54) is 4.90 Å². The second kappa shape index (κ2) is 8.05. The van der Waals surface area contributed by atoms with Gasteiger partial charge in [0.25, 0.3) is 11.1 Å². The zero-order valence-electron chi connectivity index (χ0n) is 13.5. The normalized spacial score (nSPS) is 15.8. The molecule has 2 aromatic rings. The SMILES string of the molecule is COc1ccc(/C=C2\SC(=O)N(Cc3ccc(Cl)cc3Cl)C2=O)cc1Br. The highest BCUT2D eigenvalue weighted by molar-refractivity contribution is 9.10. The van der Waals surface area contributed by atoms with Crippen molar-refractivity contribution in [1.29, 1.82) is 0 Å². The molecule has 0 aliphatic carbocycles. The summed E-state index contributed by atoms with van der Waals surface area (Å²) in [5.41, 5.74) is 1.44. The molecular formula is C18H12BrCl2NO3S. The quantitative estimate of drug-likeness (QED) is 0.512. The Balaban J connectivity index is 1.83. The number of hydrogen-bond acceptors (Lipinski definition) is 4. The Kier molecular flexibility index (Phi) is 5.97. The molecule has 1 saturated heterocycles. The lowest BCUT2D eigenvalue weighted by Gasteiger charge is -2.13. The summed E-state index contributed by atoms with van der Waals surface area (Å²) in [4.78, 5) is 26.4. The Labute approximate surface area is 173 Å². The molecule has 134 valence electrons. The van der Waals surface area contributed by atoms with E-state index in [-0.39, 0.29) is 17.7 Å². The van der Waals surface area contributed by atoms with E-state index in [0.717, 1.165) is 21.8 Å². The number of thioether (sulfide) groups is 1. The van der Waals surface area contributed by atoms with Crippen molar-refractivity contribution in [2.24, 2.45) is 0 Å². The highest BCUT2D eigenvalue weighted by Crippen LogP contribution is 2.35. The van der Waals surface area contributed by atoms with Crippen molar-refractivity contribution >= 4 is 68.1 Å². The Morgan fingerprint density at radius 1 is 1.19 bits per heavy atom. The maximum absolute atomic E-state index is 12.6. The number of halogens is 3. The van der Waals surface area contributed by atoms with Gasteiger partial charge in [0.05, 0.1) is 23.0 Å². The van der Waals surface area contributed by atoms with E-state index < -0.39 is 0 Å². The van der Waals surface area contributed by atoms with Crippen LogP contribution in [0.1, 0.15) is 11.1 Å². The van der Waals surface area contributed by atoms with Crippen LogP contribution in [0.15, 0.2) is 45.8 Å². The molecule has 0 spiro atoms. The molecule has 0 radical (unpaired) electrons. The average molecular weight is 473 g/mol. The number of imide groups is 1. The summed E-state index contributed by atoms with van der Waals surface area (Å²) in [7, 11) is 1.58. The first-order valence-corrected chi connectivity index (χ1v) is 9.78. The van der Waals surface area contributed by atoms with Crippen LogP contribution in [0.5, 0.6) is 5.75 Å². The molecule has 3 rings (SSSR count). The fourth-order valence-corrected chi connectivity index (χ4v) is 4.25. The highest BCUT2D eigenvalue weighted by atomic mass is 79.9. The lowest BCUT2D eigenvalue weighted by molar-refractivity contribution is -0.123. The van der Waals surface area contributed by atoms with Gasteiger partial charge in [-0.2, -0.15) is 0 Å². The average Bonchev–Trinajstić information content (AvgIpc) is 2.84. The molecular weight excluding hydrogens is 461 g/mol. The van der Waals surface area contributed by atoms with E-state index >= 15 is 0 Å². The molecule has 8 heteroatoms. The zero-order valence-corrected chi connectivity index (χ0v) is 17.4. The van der Waals surface area contributed by atoms with Gasteiger partial charge in [-0.05, 0) is 69.2 Å². The Bertz CT molecular complexity index is 933. The molecule has 1 aliphatic rings. The van der Waals surface area contributed by atoms with Crippen LogP contribution in [0.3, 0.4) is 0 Å². The van der Waals surface area contributed by atoms with Gasteiger partial charge in [0.2, 0.25) is 0 Å². The summed E-state index contributed by atoms with van der Waals surface area (Å²) in [6, 6.07) is 10.4. The van der Waals surface area contributed by atoms with Gasteiger partial charge >= 0.3 is 0 Å². The van der Waals surface area contributed by atoms with Crippen molar-refractivity contribution in [2.45, 2.75) is 6.54 Å². The summed E-state index contributed by atoms with van der Waals surface area (Å²) < 4.78 is 5.95. The van der Waals surface area contributed by atoms with E-state index in [9.17, 15) is 9.59 Å². The number of amides is 2. The van der Waals surface area contributed by atoms with Crippen LogP contribution in [0.2, 0.25) is 10.0 Å². The minimum Gasteiger partial charge on any atom is -0.496 e. The predicted octanol–water partition coefficient (Wildman–Crippen LogP) is 6.00. The van der Waals surface area contributed by atoms with Gasteiger partial charge in [0, 0.05) is 10.0 Å². The van der Waals surface area contributed by atoms with Crippen LogP contribution >= 0.6 is 50.9 Å². The van der Waals surface area contributed by atoms with Crippen LogP contribution < -0.4 is 4.74 Å². The highest BCUT2D eigenvalue weighted by Gasteiger charge is 2.35. The maximum atomic E-state index is 12.6. The maximum Gasteiger partial charge on any atom is 0.293 e. The van der Waals surface area contributed by atoms with Gasteiger partial charge in [0.1, 0.15) is 5.75 Å². The van der Waals surface area contributed by atoms with Gasteiger partial charge in [-0.1, -0.05) is 35.3 Å². The van der Waals surface area contributed by atoms with Crippen molar-refractivity contribution in [1.82, 2.24) is 4.90 Å². The van der Waals surface area contributed by atoms with Crippen LogP contribution in [-0.4, -0.2) is 23.2 Å². The number of carbonyl (C=O) groups excluding carboxylic acids is 2. The van der Waals surface area contributed by atoms with Crippen LogP contribution in [0, 0.1) is 0 Å². The summed E-state index contributed by atoms with van der Waals surface area (Å²) in [6.45, 7) is 0.102. The number of ether oxygens (including phenoxy) is 1. The molecule has 4 nitrogen and oxygen atoms in total. The fraction of sp³-hybridized carbons (Fsp3) is 0.111. The van der Waals surface area contributed by atoms with Crippen molar-refractivity contribution in [3.05, 3.63) is 66.9 Å². The van der Waals surface area contributed by atoms with E-state index in [0.29, 0.717) is 26.3 Å². The molecule has 1 aliphatic heterocycles. The number of rotatable bonds is 4. The number of nitrogens with zero attached hydrogens (tertiary/aromatic N) is 1. The molecule has 0 atom stereocenters. The van der Waals surface area contributed by atoms with Crippen LogP contribution in [0.25, 0.3) is 6.08 Å². The third kappa shape index (κ3) is 4.09.